The molecule has 0 spiro atoms. The fourth-order valence-corrected chi connectivity index (χ4v) is 2.75. The van der Waals surface area contributed by atoms with Gasteiger partial charge in [-0.2, -0.15) is 0 Å². The van der Waals surface area contributed by atoms with Crippen LogP contribution in [0.4, 0.5) is 5.82 Å². The van der Waals surface area contributed by atoms with E-state index < -0.39 is 0 Å². The number of amides is 1. The van der Waals surface area contributed by atoms with E-state index in [4.69, 9.17) is 0 Å². The Hall–Kier alpha value is -1.95. The number of aromatic nitrogens is 2. The van der Waals surface area contributed by atoms with Gasteiger partial charge in [0.15, 0.2) is 0 Å². The minimum absolute atomic E-state index is 0.0252. The standard InChI is InChI=1S/C15H20N4OS/c1-3-7-16-14-10-17-12(9-18-14)15(20)19-11(4-2)13-6-5-8-21-13/h5-6,8-11H,3-4,7H2,1-2H3,(H,16,18)(H,19,20). The maximum atomic E-state index is 12.2. The van der Waals surface area contributed by atoms with Gasteiger partial charge in [-0.3, -0.25) is 4.79 Å². The van der Waals surface area contributed by atoms with Crippen LogP contribution in [0, 0.1) is 0 Å². The number of anilines is 1. The van der Waals surface area contributed by atoms with Crippen LogP contribution in [0.1, 0.15) is 48.1 Å². The van der Waals surface area contributed by atoms with Gasteiger partial charge < -0.3 is 10.6 Å². The maximum absolute atomic E-state index is 12.2. The summed E-state index contributed by atoms with van der Waals surface area (Å²) in [6.07, 6.45) is 4.96. The van der Waals surface area contributed by atoms with Gasteiger partial charge in [-0.05, 0) is 24.3 Å². The molecule has 0 aliphatic heterocycles. The Labute approximate surface area is 128 Å². The van der Waals surface area contributed by atoms with E-state index in [0.29, 0.717) is 11.5 Å². The predicted octanol–water partition coefficient (Wildman–Crippen LogP) is 3.24. The predicted molar refractivity (Wildman–Crippen MR) is 85.6 cm³/mol. The Kier molecular flexibility index (Phi) is 5.68. The molecule has 0 aliphatic rings. The Bertz CT molecular complexity index is 554. The lowest BCUT2D eigenvalue weighted by Gasteiger charge is -2.15. The van der Waals surface area contributed by atoms with Crippen molar-refractivity contribution in [2.45, 2.75) is 32.7 Å². The van der Waals surface area contributed by atoms with Crippen molar-refractivity contribution >= 4 is 23.1 Å². The Balaban J connectivity index is 1.99. The molecule has 2 N–H and O–H groups in total. The van der Waals surface area contributed by atoms with Gasteiger partial charge in [-0.25, -0.2) is 9.97 Å². The highest BCUT2D eigenvalue weighted by atomic mass is 32.1. The molecule has 1 unspecified atom stereocenters. The molecule has 5 nitrogen and oxygen atoms in total. The van der Waals surface area contributed by atoms with Crippen molar-refractivity contribution in [3.05, 3.63) is 40.5 Å². The summed E-state index contributed by atoms with van der Waals surface area (Å²) < 4.78 is 0. The molecule has 0 aliphatic carbocycles. The molecule has 0 radical (unpaired) electrons. The average molecular weight is 304 g/mol. The number of carbonyl (C=O) groups is 1. The molecule has 0 bridgehead atoms. The smallest absolute Gasteiger partial charge is 0.271 e. The zero-order chi connectivity index (χ0) is 15.1. The summed E-state index contributed by atoms with van der Waals surface area (Å²) in [5, 5.41) is 8.14. The molecule has 0 fully saturated rings. The number of thiophene rings is 1. The van der Waals surface area contributed by atoms with Gasteiger partial charge in [0.2, 0.25) is 0 Å². The van der Waals surface area contributed by atoms with Crippen molar-refractivity contribution in [2.24, 2.45) is 0 Å². The van der Waals surface area contributed by atoms with Gasteiger partial charge in [0.1, 0.15) is 11.5 Å². The summed E-state index contributed by atoms with van der Waals surface area (Å²) in [5.74, 6) is 0.503. The molecule has 2 heterocycles. The fourth-order valence-electron chi connectivity index (χ4n) is 1.89. The molecule has 1 amide bonds. The number of rotatable bonds is 7. The molecule has 2 aromatic heterocycles. The van der Waals surface area contributed by atoms with Gasteiger partial charge >= 0.3 is 0 Å². The number of nitrogens with one attached hydrogen (secondary N) is 2. The van der Waals surface area contributed by atoms with Crippen LogP contribution in [-0.4, -0.2) is 22.4 Å². The van der Waals surface area contributed by atoms with Crippen molar-refractivity contribution in [3.63, 3.8) is 0 Å². The molecular weight excluding hydrogens is 284 g/mol. The van der Waals surface area contributed by atoms with E-state index in [-0.39, 0.29) is 11.9 Å². The van der Waals surface area contributed by atoms with Crippen molar-refractivity contribution in [1.29, 1.82) is 0 Å². The van der Waals surface area contributed by atoms with E-state index in [1.54, 1.807) is 17.5 Å². The normalized spacial score (nSPS) is 11.9. The van der Waals surface area contributed by atoms with E-state index in [0.717, 1.165) is 24.3 Å². The van der Waals surface area contributed by atoms with E-state index in [9.17, 15) is 4.79 Å². The van der Waals surface area contributed by atoms with Crippen LogP contribution in [-0.2, 0) is 0 Å². The number of carbonyl (C=O) groups excluding carboxylic acids is 1. The summed E-state index contributed by atoms with van der Waals surface area (Å²) >= 11 is 1.64. The van der Waals surface area contributed by atoms with Crippen LogP contribution in [0.5, 0.6) is 0 Å². The molecule has 21 heavy (non-hydrogen) atoms. The minimum Gasteiger partial charge on any atom is -0.369 e. The summed E-state index contributed by atoms with van der Waals surface area (Å²) in [5.41, 5.74) is 0.340. The second kappa shape index (κ2) is 7.73. The number of hydrogen-bond donors (Lipinski definition) is 2. The lowest BCUT2D eigenvalue weighted by Crippen LogP contribution is -2.28. The van der Waals surface area contributed by atoms with Gasteiger partial charge in [0.05, 0.1) is 18.4 Å². The van der Waals surface area contributed by atoms with E-state index in [1.807, 2.05) is 24.4 Å². The fraction of sp³-hybridized carbons (Fsp3) is 0.400. The first-order chi connectivity index (χ1) is 10.2. The van der Waals surface area contributed by atoms with Gasteiger partial charge in [0.25, 0.3) is 5.91 Å². The van der Waals surface area contributed by atoms with Crippen molar-refractivity contribution in [1.82, 2.24) is 15.3 Å². The zero-order valence-electron chi connectivity index (χ0n) is 12.3. The molecule has 1 atom stereocenters. The van der Waals surface area contributed by atoms with E-state index in [2.05, 4.69) is 27.5 Å². The number of hydrogen-bond acceptors (Lipinski definition) is 5. The van der Waals surface area contributed by atoms with Crippen LogP contribution in [0.3, 0.4) is 0 Å². The average Bonchev–Trinajstić information content (AvgIpc) is 3.05. The lowest BCUT2D eigenvalue weighted by molar-refractivity contribution is 0.0931. The lowest BCUT2D eigenvalue weighted by atomic mass is 10.2. The van der Waals surface area contributed by atoms with Crippen LogP contribution in [0.25, 0.3) is 0 Å². The number of nitrogens with zero attached hydrogens (tertiary/aromatic N) is 2. The van der Waals surface area contributed by atoms with Crippen molar-refractivity contribution < 1.29 is 4.79 Å². The Morgan fingerprint density at radius 1 is 1.33 bits per heavy atom. The second-order valence-electron chi connectivity index (χ2n) is 4.66. The third-order valence-corrected chi connectivity index (χ3v) is 4.03. The summed E-state index contributed by atoms with van der Waals surface area (Å²) in [6.45, 7) is 4.97. The molecule has 0 aromatic carbocycles. The second-order valence-corrected chi connectivity index (χ2v) is 5.64. The van der Waals surface area contributed by atoms with E-state index in [1.165, 1.54) is 6.20 Å². The van der Waals surface area contributed by atoms with Crippen LogP contribution in [0.15, 0.2) is 29.9 Å². The molecule has 2 aromatic rings. The molecule has 112 valence electrons. The Morgan fingerprint density at radius 2 is 2.19 bits per heavy atom. The van der Waals surface area contributed by atoms with Crippen LogP contribution in [0.2, 0.25) is 0 Å². The van der Waals surface area contributed by atoms with Crippen LogP contribution >= 0.6 is 11.3 Å². The summed E-state index contributed by atoms with van der Waals surface area (Å²) in [7, 11) is 0. The van der Waals surface area contributed by atoms with Crippen molar-refractivity contribution in [3.8, 4) is 0 Å². The van der Waals surface area contributed by atoms with E-state index >= 15 is 0 Å². The third kappa shape index (κ3) is 4.26. The maximum Gasteiger partial charge on any atom is 0.271 e. The molecule has 0 saturated carbocycles. The first kappa shape index (κ1) is 15.4. The molecule has 2 rings (SSSR count). The Morgan fingerprint density at radius 3 is 2.76 bits per heavy atom. The summed E-state index contributed by atoms with van der Waals surface area (Å²) in [6, 6.07) is 4.04. The van der Waals surface area contributed by atoms with Crippen LogP contribution < -0.4 is 10.6 Å². The third-order valence-electron chi connectivity index (χ3n) is 3.04. The van der Waals surface area contributed by atoms with Gasteiger partial charge in [0, 0.05) is 11.4 Å². The quantitative estimate of drug-likeness (QED) is 0.824. The topological polar surface area (TPSA) is 66.9 Å². The molecular formula is C15H20N4OS. The highest BCUT2D eigenvalue weighted by Gasteiger charge is 2.16. The van der Waals surface area contributed by atoms with Crippen molar-refractivity contribution in [2.75, 3.05) is 11.9 Å². The highest BCUT2D eigenvalue weighted by molar-refractivity contribution is 7.10. The summed E-state index contributed by atoms with van der Waals surface area (Å²) in [4.78, 5) is 21.7. The largest absolute Gasteiger partial charge is 0.369 e. The van der Waals surface area contributed by atoms with Gasteiger partial charge in [-0.1, -0.05) is 19.9 Å². The monoisotopic (exact) mass is 304 g/mol. The molecule has 0 saturated heterocycles. The SMILES string of the molecule is CCCNc1cnc(C(=O)NC(CC)c2cccs2)cn1. The first-order valence-corrected chi connectivity index (χ1v) is 8.02. The highest BCUT2D eigenvalue weighted by Crippen LogP contribution is 2.21. The minimum atomic E-state index is -0.190. The first-order valence-electron chi connectivity index (χ1n) is 7.14. The molecule has 6 heteroatoms. The van der Waals surface area contributed by atoms with Gasteiger partial charge in [-0.15, -0.1) is 11.3 Å². The zero-order valence-corrected chi connectivity index (χ0v) is 13.1.